The van der Waals surface area contributed by atoms with Gasteiger partial charge in [-0.1, -0.05) is 0 Å². The predicted molar refractivity (Wildman–Crippen MR) is 62.0 cm³/mol. The molecule has 0 radical (unpaired) electrons. The summed E-state index contributed by atoms with van der Waals surface area (Å²) in [5.41, 5.74) is 0.836. The zero-order valence-electron chi connectivity index (χ0n) is 9.16. The molecule has 1 aromatic heterocycles. The summed E-state index contributed by atoms with van der Waals surface area (Å²) >= 11 is 1.27. The quantitative estimate of drug-likeness (QED) is 0.842. The van der Waals surface area contributed by atoms with Crippen molar-refractivity contribution in [3.8, 4) is 0 Å². The molecule has 16 heavy (non-hydrogen) atoms. The highest BCUT2D eigenvalue weighted by molar-refractivity contribution is 7.12. The molecule has 0 bridgehead atoms. The van der Waals surface area contributed by atoms with Crippen molar-refractivity contribution in [3.05, 3.63) is 21.9 Å². The number of carboxylic acid groups (broad SMARTS) is 1. The molecule has 1 aromatic rings. The molecule has 1 fully saturated rings. The second-order valence-electron chi connectivity index (χ2n) is 4.30. The maximum absolute atomic E-state index is 10.9. The Morgan fingerprint density at radius 1 is 1.75 bits per heavy atom. The highest BCUT2D eigenvalue weighted by Crippen LogP contribution is 2.21. The van der Waals surface area contributed by atoms with E-state index in [9.17, 15) is 4.79 Å². The van der Waals surface area contributed by atoms with Crippen LogP contribution in [-0.2, 0) is 11.3 Å². The van der Waals surface area contributed by atoms with Crippen molar-refractivity contribution in [2.45, 2.75) is 25.4 Å². The number of hydrogen-bond donors (Lipinski definition) is 2. The van der Waals surface area contributed by atoms with Crippen LogP contribution in [0.15, 0.2) is 11.4 Å². The standard InChI is InChI=1S/C11H15NO3S/c1-11(3-4-15-7-11)12-6-8-2-5-16-9(8)10(13)14/h2,5,12H,3-4,6-7H2,1H3,(H,13,14). The molecule has 5 heteroatoms. The summed E-state index contributed by atoms with van der Waals surface area (Å²) in [5.74, 6) is -0.848. The lowest BCUT2D eigenvalue weighted by Crippen LogP contribution is -2.42. The number of carbonyl (C=O) groups is 1. The summed E-state index contributed by atoms with van der Waals surface area (Å²) in [6.45, 7) is 4.16. The van der Waals surface area contributed by atoms with Crippen LogP contribution >= 0.6 is 11.3 Å². The molecule has 4 nitrogen and oxygen atoms in total. The van der Waals surface area contributed by atoms with Crippen LogP contribution in [0.5, 0.6) is 0 Å². The van der Waals surface area contributed by atoms with Crippen LogP contribution in [0.25, 0.3) is 0 Å². The van der Waals surface area contributed by atoms with E-state index in [0.717, 1.165) is 18.6 Å². The SMILES string of the molecule is CC1(NCc2ccsc2C(=O)O)CCOC1. The molecule has 1 aliphatic heterocycles. The fraction of sp³-hybridized carbons (Fsp3) is 0.545. The zero-order chi connectivity index (χ0) is 11.6. The first-order valence-electron chi connectivity index (χ1n) is 5.23. The van der Waals surface area contributed by atoms with Crippen LogP contribution in [0.1, 0.15) is 28.6 Å². The van der Waals surface area contributed by atoms with E-state index in [2.05, 4.69) is 12.2 Å². The monoisotopic (exact) mass is 241 g/mol. The van der Waals surface area contributed by atoms with Crippen molar-refractivity contribution >= 4 is 17.3 Å². The van der Waals surface area contributed by atoms with Gasteiger partial charge in [-0.3, -0.25) is 0 Å². The van der Waals surface area contributed by atoms with Gasteiger partial charge in [0.1, 0.15) is 4.88 Å². The van der Waals surface area contributed by atoms with Gasteiger partial charge in [-0.2, -0.15) is 0 Å². The molecule has 2 rings (SSSR count). The molecule has 1 saturated heterocycles. The number of thiophene rings is 1. The van der Waals surface area contributed by atoms with Crippen LogP contribution in [0.4, 0.5) is 0 Å². The Morgan fingerprint density at radius 2 is 2.56 bits per heavy atom. The maximum atomic E-state index is 10.9. The van der Waals surface area contributed by atoms with E-state index in [0.29, 0.717) is 18.0 Å². The second kappa shape index (κ2) is 4.53. The predicted octanol–water partition coefficient (Wildman–Crippen LogP) is 1.71. The van der Waals surface area contributed by atoms with Gasteiger partial charge in [-0.15, -0.1) is 11.3 Å². The molecule has 2 N–H and O–H groups in total. The summed E-state index contributed by atoms with van der Waals surface area (Å²) in [6.07, 6.45) is 0.972. The first-order chi connectivity index (χ1) is 7.61. The first kappa shape index (κ1) is 11.6. The van der Waals surface area contributed by atoms with Crippen LogP contribution < -0.4 is 5.32 Å². The molecule has 0 aromatic carbocycles. The fourth-order valence-electron chi connectivity index (χ4n) is 1.78. The summed E-state index contributed by atoms with van der Waals surface area (Å²) in [4.78, 5) is 11.3. The third-order valence-electron chi connectivity index (χ3n) is 2.87. The van der Waals surface area contributed by atoms with Crippen LogP contribution in [0.3, 0.4) is 0 Å². The van der Waals surface area contributed by atoms with Crippen molar-refractivity contribution in [2.75, 3.05) is 13.2 Å². The summed E-state index contributed by atoms with van der Waals surface area (Å²) in [6, 6.07) is 1.86. The number of aromatic carboxylic acids is 1. The molecule has 1 atom stereocenters. The van der Waals surface area contributed by atoms with Crippen molar-refractivity contribution in [1.29, 1.82) is 0 Å². The normalized spacial score (nSPS) is 24.8. The molecule has 1 unspecified atom stereocenters. The van der Waals surface area contributed by atoms with E-state index in [-0.39, 0.29) is 5.54 Å². The van der Waals surface area contributed by atoms with E-state index in [4.69, 9.17) is 9.84 Å². The van der Waals surface area contributed by atoms with Gasteiger partial charge in [0.2, 0.25) is 0 Å². The van der Waals surface area contributed by atoms with Crippen molar-refractivity contribution in [2.24, 2.45) is 0 Å². The van der Waals surface area contributed by atoms with Crippen molar-refractivity contribution in [3.63, 3.8) is 0 Å². The molecule has 0 spiro atoms. The van der Waals surface area contributed by atoms with E-state index in [1.165, 1.54) is 11.3 Å². The number of ether oxygens (including phenoxy) is 1. The van der Waals surface area contributed by atoms with Gasteiger partial charge in [0.05, 0.1) is 6.61 Å². The Labute approximate surface area is 98.2 Å². The second-order valence-corrected chi connectivity index (χ2v) is 5.21. The summed E-state index contributed by atoms with van der Waals surface area (Å²) in [5, 5.41) is 14.2. The largest absolute Gasteiger partial charge is 0.477 e. The minimum atomic E-state index is -0.848. The third-order valence-corrected chi connectivity index (χ3v) is 3.81. The molecule has 88 valence electrons. The Kier molecular flexibility index (Phi) is 3.28. The molecule has 0 saturated carbocycles. The van der Waals surface area contributed by atoms with Gasteiger partial charge < -0.3 is 15.2 Å². The number of hydrogen-bond acceptors (Lipinski definition) is 4. The van der Waals surface area contributed by atoms with Crippen LogP contribution in [0.2, 0.25) is 0 Å². The Balaban J connectivity index is 1.99. The average molecular weight is 241 g/mol. The van der Waals surface area contributed by atoms with E-state index < -0.39 is 5.97 Å². The summed E-state index contributed by atoms with van der Waals surface area (Å²) in [7, 11) is 0. The first-order valence-corrected chi connectivity index (χ1v) is 6.11. The smallest absolute Gasteiger partial charge is 0.346 e. The molecule has 0 amide bonds. The number of nitrogens with one attached hydrogen (secondary N) is 1. The third kappa shape index (κ3) is 2.42. The van der Waals surface area contributed by atoms with Gasteiger partial charge in [-0.05, 0) is 30.4 Å². The highest BCUT2D eigenvalue weighted by atomic mass is 32.1. The van der Waals surface area contributed by atoms with Gasteiger partial charge in [0.15, 0.2) is 0 Å². The topological polar surface area (TPSA) is 58.6 Å². The minimum absolute atomic E-state index is 0.0162. The Hall–Kier alpha value is -0.910. The van der Waals surface area contributed by atoms with Gasteiger partial charge in [-0.25, -0.2) is 4.79 Å². The zero-order valence-corrected chi connectivity index (χ0v) is 9.97. The average Bonchev–Trinajstić information content (AvgIpc) is 2.83. The van der Waals surface area contributed by atoms with Crippen LogP contribution in [-0.4, -0.2) is 29.8 Å². The van der Waals surface area contributed by atoms with Crippen LogP contribution in [0, 0.1) is 0 Å². The minimum Gasteiger partial charge on any atom is -0.477 e. The fourth-order valence-corrected chi connectivity index (χ4v) is 2.54. The van der Waals surface area contributed by atoms with Crippen molar-refractivity contribution in [1.82, 2.24) is 5.32 Å². The lowest BCUT2D eigenvalue weighted by Gasteiger charge is -2.23. The molecule has 0 aliphatic carbocycles. The Morgan fingerprint density at radius 3 is 3.19 bits per heavy atom. The van der Waals surface area contributed by atoms with E-state index >= 15 is 0 Å². The maximum Gasteiger partial charge on any atom is 0.346 e. The molecule has 1 aliphatic rings. The molecular formula is C11H15NO3S. The molecule has 2 heterocycles. The van der Waals surface area contributed by atoms with Gasteiger partial charge in [0.25, 0.3) is 0 Å². The van der Waals surface area contributed by atoms with Gasteiger partial charge in [0, 0.05) is 18.7 Å². The van der Waals surface area contributed by atoms with Gasteiger partial charge >= 0.3 is 5.97 Å². The van der Waals surface area contributed by atoms with Crippen molar-refractivity contribution < 1.29 is 14.6 Å². The number of carboxylic acids is 1. The highest BCUT2D eigenvalue weighted by Gasteiger charge is 2.29. The molecular weight excluding hydrogens is 226 g/mol. The van der Waals surface area contributed by atoms with E-state index in [1.54, 1.807) is 0 Å². The number of rotatable bonds is 4. The lowest BCUT2D eigenvalue weighted by molar-refractivity contribution is 0.0700. The summed E-state index contributed by atoms with van der Waals surface area (Å²) < 4.78 is 5.33. The van der Waals surface area contributed by atoms with E-state index in [1.807, 2.05) is 11.4 Å². The Bertz CT molecular complexity index is 382. The lowest BCUT2D eigenvalue weighted by atomic mass is 10.0.